The van der Waals surface area contributed by atoms with E-state index in [9.17, 15) is 24.3 Å². The molecule has 3 rings (SSSR count). The monoisotopic (exact) mass is 380 g/mol. The Labute approximate surface area is 152 Å². The lowest BCUT2D eigenvalue weighted by molar-refractivity contribution is -0.151. The van der Waals surface area contributed by atoms with Gasteiger partial charge >= 0.3 is 11.9 Å². The minimum Gasteiger partial charge on any atom is -0.477 e. The number of nitrogens with zero attached hydrogens (tertiary/aromatic N) is 1. The van der Waals surface area contributed by atoms with Crippen LogP contribution in [-0.2, 0) is 30.3 Å². The summed E-state index contributed by atoms with van der Waals surface area (Å²) in [6.45, 7) is 1.04. The highest BCUT2D eigenvalue weighted by atomic mass is 32.2. The topological polar surface area (TPSA) is 126 Å². The third-order valence-corrected chi connectivity index (χ3v) is 5.27. The summed E-state index contributed by atoms with van der Waals surface area (Å²) in [5.74, 6) is -1.94. The summed E-state index contributed by atoms with van der Waals surface area (Å²) < 4.78 is 9.95. The van der Waals surface area contributed by atoms with Crippen LogP contribution in [0.15, 0.2) is 34.1 Å². The molecule has 10 heteroatoms. The highest BCUT2D eigenvalue weighted by Gasteiger charge is 2.54. The van der Waals surface area contributed by atoms with E-state index >= 15 is 0 Å². The Kier molecular flexibility index (Phi) is 5.03. The lowest BCUT2D eigenvalue weighted by Gasteiger charge is -2.49. The number of fused-ring (bicyclic) bond motifs is 1. The zero-order chi connectivity index (χ0) is 18.8. The van der Waals surface area contributed by atoms with E-state index in [1.807, 2.05) is 0 Å². The molecule has 1 aromatic rings. The standard InChI is InChI=1S/C16H16N2O7S/c1-8(19)25-6-9-7-26-15-12(14(21)18(15)13(9)16(22)23)17-11(20)5-10-3-2-4-24-10/h2-4,12,15H,5-7H2,1H3,(H,17,20)(H,22,23)/t12-,15-/m1/s1. The van der Waals surface area contributed by atoms with Crippen LogP contribution in [0.5, 0.6) is 0 Å². The van der Waals surface area contributed by atoms with Crippen molar-refractivity contribution in [2.75, 3.05) is 12.4 Å². The second kappa shape index (κ2) is 7.24. The number of carboxylic acid groups (broad SMARTS) is 1. The van der Waals surface area contributed by atoms with Gasteiger partial charge < -0.3 is 19.6 Å². The maximum Gasteiger partial charge on any atom is 0.352 e. The van der Waals surface area contributed by atoms with Crippen LogP contribution in [0.25, 0.3) is 0 Å². The summed E-state index contributed by atoms with van der Waals surface area (Å²) in [6, 6.07) is 2.51. The van der Waals surface area contributed by atoms with Gasteiger partial charge in [-0.3, -0.25) is 19.3 Å². The number of esters is 1. The van der Waals surface area contributed by atoms with Gasteiger partial charge in [0.2, 0.25) is 5.91 Å². The number of carboxylic acids is 1. The van der Waals surface area contributed by atoms with Crippen LogP contribution in [-0.4, -0.2) is 57.5 Å². The minimum absolute atomic E-state index is 0.00645. The second-order valence-corrected chi connectivity index (χ2v) is 6.85. The Hall–Kier alpha value is -2.75. The molecule has 9 nitrogen and oxygen atoms in total. The first-order chi connectivity index (χ1) is 12.4. The van der Waals surface area contributed by atoms with Crippen molar-refractivity contribution in [2.24, 2.45) is 0 Å². The summed E-state index contributed by atoms with van der Waals surface area (Å²) in [7, 11) is 0. The Balaban J connectivity index is 1.69. The summed E-state index contributed by atoms with van der Waals surface area (Å²) in [4.78, 5) is 48.1. The largest absolute Gasteiger partial charge is 0.477 e. The molecule has 0 radical (unpaired) electrons. The normalized spacial score (nSPS) is 21.7. The molecular weight excluding hydrogens is 364 g/mol. The predicted molar refractivity (Wildman–Crippen MR) is 88.7 cm³/mol. The average Bonchev–Trinajstić information content (AvgIpc) is 3.09. The van der Waals surface area contributed by atoms with Crippen molar-refractivity contribution in [2.45, 2.75) is 24.8 Å². The average molecular weight is 380 g/mol. The van der Waals surface area contributed by atoms with Gasteiger partial charge in [-0.1, -0.05) is 0 Å². The van der Waals surface area contributed by atoms with Gasteiger partial charge in [0, 0.05) is 18.2 Å². The van der Waals surface area contributed by atoms with Gasteiger partial charge in [-0.2, -0.15) is 0 Å². The molecule has 2 N–H and O–H groups in total. The van der Waals surface area contributed by atoms with E-state index in [0.717, 1.165) is 4.90 Å². The smallest absolute Gasteiger partial charge is 0.352 e. The molecule has 2 aliphatic heterocycles. The quantitative estimate of drug-likeness (QED) is 0.527. The Morgan fingerprint density at radius 3 is 2.85 bits per heavy atom. The van der Waals surface area contributed by atoms with Gasteiger partial charge in [0.1, 0.15) is 29.5 Å². The molecule has 2 aliphatic rings. The first-order valence-electron chi connectivity index (χ1n) is 7.73. The molecule has 1 aromatic heterocycles. The fourth-order valence-corrected chi connectivity index (χ4v) is 4.11. The van der Waals surface area contributed by atoms with Crippen molar-refractivity contribution in [3.05, 3.63) is 35.4 Å². The number of hydrogen-bond acceptors (Lipinski definition) is 7. The highest BCUT2D eigenvalue weighted by molar-refractivity contribution is 8.00. The van der Waals surface area contributed by atoms with Crippen LogP contribution in [0.3, 0.4) is 0 Å². The molecule has 0 spiro atoms. The molecule has 0 unspecified atom stereocenters. The maximum absolute atomic E-state index is 12.4. The zero-order valence-electron chi connectivity index (χ0n) is 13.8. The Morgan fingerprint density at radius 1 is 1.46 bits per heavy atom. The Bertz CT molecular complexity index is 787. The summed E-state index contributed by atoms with van der Waals surface area (Å²) in [6.07, 6.45) is 1.44. The van der Waals surface area contributed by atoms with Gasteiger partial charge in [-0.25, -0.2) is 4.79 Å². The number of carbonyl (C=O) groups is 4. The third-order valence-electron chi connectivity index (χ3n) is 3.93. The van der Waals surface area contributed by atoms with Gasteiger partial charge in [-0.15, -0.1) is 11.8 Å². The van der Waals surface area contributed by atoms with Crippen LogP contribution in [0.4, 0.5) is 0 Å². The number of thioether (sulfide) groups is 1. The molecule has 1 saturated heterocycles. The van der Waals surface area contributed by atoms with Gasteiger partial charge in [0.05, 0.1) is 12.7 Å². The highest BCUT2D eigenvalue weighted by Crippen LogP contribution is 2.40. The lowest BCUT2D eigenvalue weighted by Crippen LogP contribution is -2.70. The van der Waals surface area contributed by atoms with Crippen molar-refractivity contribution < 1.29 is 33.4 Å². The molecule has 3 heterocycles. The first-order valence-corrected chi connectivity index (χ1v) is 8.78. The van der Waals surface area contributed by atoms with E-state index in [-0.39, 0.29) is 30.4 Å². The number of amides is 2. The zero-order valence-corrected chi connectivity index (χ0v) is 14.6. The molecule has 2 atom stereocenters. The van der Waals surface area contributed by atoms with Crippen LogP contribution in [0, 0.1) is 0 Å². The Morgan fingerprint density at radius 2 is 2.23 bits per heavy atom. The molecule has 26 heavy (non-hydrogen) atoms. The van der Waals surface area contributed by atoms with E-state index in [1.165, 1.54) is 24.9 Å². The minimum atomic E-state index is -1.27. The van der Waals surface area contributed by atoms with E-state index < -0.39 is 29.3 Å². The van der Waals surface area contributed by atoms with E-state index in [0.29, 0.717) is 11.3 Å². The third kappa shape index (κ3) is 3.45. The molecule has 0 bridgehead atoms. The second-order valence-electron chi connectivity index (χ2n) is 5.75. The van der Waals surface area contributed by atoms with Gasteiger partial charge in [0.25, 0.3) is 5.91 Å². The fourth-order valence-electron chi connectivity index (χ4n) is 2.78. The van der Waals surface area contributed by atoms with Gasteiger partial charge in [-0.05, 0) is 12.1 Å². The van der Waals surface area contributed by atoms with Crippen LogP contribution in [0.1, 0.15) is 12.7 Å². The van der Waals surface area contributed by atoms with Crippen molar-refractivity contribution >= 4 is 35.5 Å². The van der Waals surface area contributed by atoms with Crippen molar-refractivity contribution in [1.82, 2.24) is 10.2 Å². The number of carbonyl (C=O) groups excluding carboxylic acids is 3. The molecule has 0 aliphatic carbocycles. The number of aliphatic carboxylic acids is 1. The van der Waals surface area contributed by atoms with Crippen molar-refractivity contribution in [1.29, 1.82) is 0 Å². The number of furan rings is 1. The summed E-state index contributed by atoms with van der Waals surface area (Å²) in [5, 5.41) is 11.6. The van der Waals surface area contributed by atoms with Gasteiger partial charge in [0.15, 0.2) is 0 Å². The van der Waals surface area contributed by atoms with Crippen molar-refractivity contribution in [3.8, 4) is 0 Å². The number of ether oxygens (including phenoxy) is 1. The molecule has 0 aromatic carbocycles. The van der Waals surface area contributed by atoms with Crippen molar-refractivity contribution in [3.63, 3.8) is 0 Å². The summed E-state index contributed by atoms with van der Waals surface area (Å²) >= 11 is 1.31. The molecule has 138 valence electrons. The number of β-lactam (4-membered cyclic amide) rings is 1. The number of nitrogens with one attached hydrogen (secondary N) is 1. The van der Waals surface area contributed by atoms with Crippen LogP contribution >= 0.6 is 11.8 Å². The molecule has 1 fully saturated rings. The molecule has 2 amide bonds. The van der Waals surface area contributed by atoms with Crippen LogP contribution < -0.4 is 5.32 Å². The SMILES string of the molecule is CC(=O)OCC1=C(C(=O)O)N2C(=O)[C@@H](NC(=O)Cc3ccco3)[C@H]2SC1. The first kappa shape index (κ1) is 18.1. The lowest BCUT2D eigenvalue weighted by atomic mass is 10.0. The van der Waals surface area contributed by atoms with E-state index in [2.05, 4.69) is 5.32 Å². The van der Waals surface area contributed by atoms with E-state index in [4.69, 9.17) is 9.15 Å². The molecule has 0 saturated carbocycles. The maximum atomic E-state index is 12.4. The number of rotatable bonds is 6. The van der Waals surface area contributed by atoms with Crippen LogP contribution in [0.2, 0.25) is 0 Å². The predicted octanol–water partition coefficient (Wildman–Crippen LogP) is 0.124. The molecular formula is C16H16N2O7S. The summed E-state index contributed by atoms with van der Waals surface area (Å²) in [5.41, 5.74) is 0.166. The number of hydrogen-bond donors (Lipinski definition) is 2. The van der Waals surface area contributed by atoms with E-state index in [1.54, 1.807) is 12.1 Å². The fraction of sp³-hybridized carbons (Fsp3) is 0.375.